The number of nitrogens with one attached hydrogen (secondary N) is 1. The Balaban J connectivity index is 2.53. The lowest BCUT2D eigenvalue weighted by Crippen LogP contribution is -2.28. The van der Waals surface area contributed by atoms with Crippen LogP contribution >= 0.6 is 0 Å². The van der Waals surface area contributed by atoms with Crippen molar-refractivity contribution < 1.29 is 4.74 Å². The minimum atomic E-state index is 0.388. The Morgan fingerprint density at radius 3 is 2.17 bits per heavy atom. The topological polar surface area (TPSA) is 21.3 Å². The molecule has 0 heterocycles. The van der Waals surface area contributed by atoms with E-state index < -0.39 is 0 Å². The first-order valence-electron chi connectivity index (χ1n) is 7.01. The highest BCUT2D eigenvalue weighted by atomic mass is 16.5. The molecule has 2 nitrogen and oxygen atoms in total. The van der Waals surface area contributed by atoms with Gasteiger partial charge in [-0.2, -0.15) is 0 Å². The van der Waals surface area contributed by atoms with Crippen molar-refractivity contribution in [2.75, 3.05) is 6.61 Å². The lowest BCUT2D eigenvalue weighted by atomic mass is 10.1. The second kappa shape index (κ2) is 7.42. The van der Waals surface area contributed by atoms with Gasteiger partial charge < -0.3 is 10.1 Å². The zero-order chi connectivity index (χ0) is 13.5. The lowest BCUT2D eigenvalue weighted by Gasteiger charge is -2.19. The van der Waals surface area contributed by atoms with Gasteiger partial charge in [0.25, 0.3) is 0 Å². The molecule has 102 valence electrons. The minimum absolute atomic E-state index is 0.388. The average molecular weight is 249 g/mol. The highest BCUT2D eigenvalue weighted by Gasteiger charge is 2.08. The molecule has 0 aliphatic heterocycles. The van der Waals surface area contributed by atoms with Crippen LogP contribution in [0.3, 0.4) is 0 Å². The second-order valence-electron chi connectivity index (χ2n) is 5.47. The quantitative estimate of drug-likeness (QED) is 0.783. The standard InChI is InChI=1S/C16H27NO/c1-6-13(4)17-14(5)15-7-9-16(10-8-15)18-11-12(2)3/h7-10,12-14,17H,6,11H2,1-5H3/t13-,14-/m0/s1. The van der Waals surface area contributed by atoms with Gasteiger partial charge in [-0.25, -0.2) is 0 Å². The van der Waals surface area contributed by atoms with Gasteiger partial charge in [-0.3, -0.25) is 0 Å². The van der Waals surface area contributed by atoms with E-state index in [1.165, 1.54) is 5.56 Å². The van der Waals surface area contributed by atoms with E-state index in [1.54, 1.807) is 0 Å². The van der Waals surface area contributed by atoms with Crippen LogP contribution in [-0.2, 0) is 0 Å². The van der Waals surface area contributed by atoms with E-state index in [9.17, 15) is 0 Å². The minimum Gasteiger partial charge on any atom is -0.493 e. The fourth-order valence-corrected chi connectivity index (χ4v) is 1.76. The van der Waals surface area contributed by atoms with Crippen molar-refractivity contribution in [3.63, 3.8) is 0 Å². The SMILES string of the molecule is CC[C@H](C)N[C@@H](C)c1ccc(OCC(C)C)cc1. The molecule has 0 saturated heterocycles. The fourth-order valence-electron chi connectivity index (χ4n) is 1.76. The van der Waals surface area contributed by atoms with E-state index in [1.807, 2.05) is 0 Å². The summed E-state index contributed by atoms with van der Waals surface area (Å²) in [7, 11) is 0. The Bertz CT molecular complexity index is 331. The Kier molecular flexibility index (Phi) is 6.20. The normalized spacial score (nSPS) is 14.6. The summed E-state index contributed by atoms with van der Waals surface area (Å²) < 4.78 is 5.68. The van der Waals surface area contributed by atoms with Gasteiger partial charge in [0.2, 0.25) is 0 Å². The van der Waals surface area contributed by atoms with Gasteiger partial charge >= 0.3 is 0 Å². The summed E-state index contributed by atoms with van der Waals surface area (Å²) >= 11 is 0. The molecule has 0 amide bonds. The van der Waals surface area contributed by atoms with Crippen LogP contribution in [0.5, 0.6) is 5.75 Å². The lowest BCUT2D eigenvalue weighted by molar-refractivity contribution is 0.271. The van der Waals surface area contributed by atoms with E-state index in [2.05, 4.69) is 64.2 Å². The zero-order valence-corrected chi connectivity index (χ0v) is 12.4. The smallest absolute Gasteiger partial charge is 0.119 e. The average Bonchev–Trinajstić information content (AvgIpc) is 2.36. The second-order valence-corrected chi connectivity index (χ2v) is 5.47. The molecule has 2 heteroatoms. The Labute approximate surface area is 112 Å². The summed E-state index contributed by atoms with van der Waals surface area (Å²) in [5.41, 5.74) is 1.31. The number of benzene rings is 1. The van der Waals surface area contributed by atoms with Crippen LogP contribution < -0.4 is 10.1 Å². The van der Waals surface area contributed by atoms with Gasteiger partial charge in [-0.05, 0) is 43.9 Å². The van der Waals surface area contributed by atoms with Crippen LogP contribution in [0.1, 0.15) is 52.6 Å². The molecule has 0 unspecified atom stereocenters. The van der Waals surface area contributed by atoms with Crippen LogP contribution in [0.4, 0.5) is 0 Å². The molecule has 0 aliphatic rings. The summed E-state index contributed by atoms with van der Waals surface area (Å²) in [6.07, 6.45) is 1.15. The molecule has 1 N–H and O–H groups in total. The summed E-state index contributed by atoms with van der Waals surface area (Å²) in [5, 5.41) is 3.57. The number of rotatable bonds is 7. The first kappa shape index (κ1) is 15.0. The third-order valence-corrected chi connectivity index (χ3v) is 3.11. The Morgan fingerprint density at radius 2 is 1.67 bits per heavy atom. The van der Waals surface area contributed by atoms with Crippen LogP contribution in [0, 0.1) is 5.92 Å². The summed E-state index contributed by atoms with van der Waals surface area (Å²) in [6.45, 7) is 11.7. The predicted octanol–water partition coefficient (Wildman–Crippen LogP) is 4.17. The van der Waals surface area contributed by atoms with Gasteiger partial charge in [0, 0.05) is 12.1 Å². The Hall–Kier alpha value is -1.02. The largest absolute Gasteiger partial charge is 0.493 e. The van der Waals surface area contributed by atoms with Crippen molar-refractivity contribution in [3.05, 3.63) is 29.8 Å². The van der Waals surface area contributed by atoms with Crippen molar-refractivity contribution >= 4 is 0 Å². The molecule has 2 atom stereocenters. The molecule has 0 saturated carbocycles. The maximum Gasteiger partial charge on any atom is 0.119 e. The van der Waals surface area contributed by atoms with Gasteiger partial charge in [-0.15, -0.1) is 0 Å². The molecule has 0 aromatic heterocycles. The number of ether oxygens (including phenoxy) is 1. The van der Waals surface area contributed by atoms with Crippen molar-refractivity contribution in [2.45, 2.75) is 53.1 Å². The maximum atomic E-state index is 5.68. The van der Waals surface area contributed by atoms with Crippen molar-refractivity contribution in [1.29, 1.82) is 0 Å². The molecule has 0 fully saturated rings. The third kappa shape index (κ3) is 5.09. The molecular weight excluding hydrogens is 222 g/mol. The Morgan fingerprint density at radius 1 is 1.06 bits per heavy atom. The van der Waals surface area contributed by atoms with Crippen LogP contribution in [0.25, 0.3) is 0 Å². The predicted molar refractivity (Wildman–Crippen MR) is 78.1 cm³/mol. The summed E-state index contributed by atoms with van der Waals surface area (Å²) in [6, 6.07) is 9.36. The highest BCUT2D eigenvalue weighted by Crippen LogP contribution is 2.18. The van der Waals surface area contributed by atoms with Crippen molar-refractivity contribution in [1.82, 2.24) is 5.32 Å². The molecule has 0 spiro atoms. The van der Waals surface area contributed by atoms with Crippen LogP contribution in [0.15, 0.2) is 24.3 Å². The summed E-state index contributed by atoms with van der Waals surface area (Å²) in [5.74, 6) is 1.53. The van der Waals surface area contributed by atoms with E-state index in [-0.39, 0.29) is 0 Å². The van der Waals surface area contributed by atoms with Gasteiger partial charge in [0.05, 0.1) is 6.61 Å². The number of hydrogen-bond acceptors (Lipinski definition) is 2. The molecular formula is C16H27NO. The first-order valence-corrected chi connectivity index (χ1v) is 7.01. The monoisotopic (exact) mass is 249 g/mol. The maximum absolute atomic E-state index is 5.68. The van der Waals surface area contributed by atoms with E-state index in [0.717, 1.165) is 18.8 Å². The molecule has 18 heavy (non-hydrogen) atoms. The van der Waals surface area contributed by atoms with Crippen LogP contribution in [0.2, 0.25) is 0 Å². The first-order chi connectivity index (χ1) is 8.52. The zero-order valence-electron chi connectivity index (χ0n) is 12.4. The summed E-state index contributed by atoms with van der Waals surface area (Å²) in [4.78, 5) is 0. The molecule has 0 radical (unpaired) electrons. The number of hydrogen-bond donors (Lipinski definition) is 1. The van der Waals surface area contributed by atoms with E-state index in [4.69, 9.17) is 4.74 Å². The van der Waals surface area contributed by atoms with E-state index >= 15 is 0 Å². The molecule has 1 rings (SSSR count). The third-order valence-electron chi connectivity index (χ3n) is 3.11. The van der Waals surface area contributed by atoms with Gasteiger partial charge in [0.1, 0.15) is 5.75 Å². The molecule has 0 bridgehead atoms. The molecule has 0 aliphatic carbocycles. The van der Waals surface area contributed by atoms with Gasteiger partial charge in [0.15, 0.2) is 0 Å². The van der Waals surface area contributed by atoms with Crippen molar-refractivity contribution in [2.24, 2.45) is 5.92 Å². The molecule has 1 aromatic rings. The fraction of sp³-hybridized carbons (Fsp3) is 0.625. The van der Waals surface area contributed by atoms with E-state index in [0.29, 0.717) is 18.0 Å². The van der Waals surface area contributed by atoms with Crippen molar-refractivity contribution in [3.8, 4) is 5.75 Å². The van der Waals surface area contributed by atoms with Gasteiger partial charge in [-0.1, -0.05) is 32.9 Å². The van der Waals surface area contributed by atoms with Crippen LogP contribution in [-0.4, -0.2) is 12.6 Å². The molecule has 1 aromatic carbocycles. The highest BCUT2D eigenvalue weighted by molar-refractivity contribution is 5.29.